The molecular weight excluding hydrogens is 374 g/mol. The van der Waals surface area contributed by atoms with Crippen molar-refractivity contribution < 1.29 is 14.3 Å². The molecule has 1 saturated heterocycles. The number of likely N-dealkylation sites (tertiary alicyclic amines) is 1. The highest BCUT2D eigenvalue weighted by molar-refractivity contribution is 6.05. The van der Waals surface area contributed by atoms with Crippen molar-refractivity contribution in [1.82, 2.24) is 4.90 Å². The first kappa shape index (κ1) is 20.1. The molecule has 0 saturated carbocycles. The van der Waals surface area contributed by atoms with Crippen molar-refractivity contribution in [3.8, 4) is 11.8 Å². The molecule has 4 unspecified atom stereocenters. The van der Waals surface area contributed by atoms with Crippen molar-refractivity contribution in [3.05, 3.63) is 83.9 Å². The minimum absolute atomic E-state index is 0.0429. The van der Waals surface area contributed by atoms with Gasteiger partial charge in [-0.2, -0.15) is 0 Å². The minimum atomic E-state index is -0.358. The minimum Gasteiger partial charge on any atom is -0.368 e. The van der Waals surface area contributed by atoms with E-state index in [1.54, 1.807) is 0 Å². The molecule has 4 nitrogen and oxygen atoms in total. The van der Waals surface area contributed by atoms with E-state index in [-0.39, 0.29) is 35.5 Å². The van der Waals surface area contributed by atoms with Crippen LogP contribution < -0.4 is 0 Å². The van der Waals surface area contributed by atoms with Gasteiger partial charge in [-0.25, -0.2) is 0 Å². The number of allylic oxidation sites excluding steroid dienone is 1. The summed E-state index contributed by atoms with van der Waals surface area (Å²) in [5.41, 5.74) is 1.91. The third-order valence-electron chi connectivity index (χ3n) is 5.85. The van der Waals surface area contributed by atoms with Gasteiger partial charge < -0.3 is 4.74 Å². The Hall–Kier alpha value is -3.16. The van der Waals surface area contributed by atoms with Gasteiger partial charge in [-0.05, 0) is 23.6 Å². The zero-order chi connectivity index (χ0) is 20.9. The SMILES string of the molecule is CC1C=CC(COCC#Cc2ccccc2)C2C(=O)N(Cc3ccccc3)C(=O)C12. The molecule has 1 heterocycles. The van der Waals surface area contributed by atoms with E-state index < -0.39 is 0 Å². The summed E-state index contributed by atoms with van der Waals surface area (Å²) in [4.78, 5) is 27.7. The van der Waals surface area contributed by atoms with Crippen molar-refractivity contribution >= 4 is 11.8 Å². The summed E-state index contributed by atoms with van der Waals surface area (Å²) >= 11 is 0. The Kier molecular flexibility index (Phi) is 6.11. The molecular formula is C26H25NO3. The fraction of sp³-hybridized carbons (Fsp3) is 0.308. The Bertz CT molecular complexity index is 987. The highest BCUT2D eigenvalue weighted by Crippen LogP contribution is 2.42. The average molecular weight is 399 g/mol. The maximum Gasteiger partial charge on any atom is 0.234 e. The number of carbonyl (C=O) groups excluding carboxylic acids is 2. The lowest BCUT2D eigenvalue weighted by molar-refractivity contribution is -0.141. The van der Waals surface area contributed by atoms with E-state index in [1.807, 2.05) is 79.7 Å². The lowest BCUT2D eigenvalue weighted by atomic mass is 9.73. The predicted molar refractivity (Wildman–Crippen MR) is 115 cm³/mol. The van der Waals surface area contributed by atoms with Gasteiger partial charge in [0.05, 0.1) is 25.0 Å². The van der Waals surface area contributed by atoms with Gasteiger partial charge >= 0.3 is 0 Å². The van der Waals surface area contributed by atoms with Crippen LogP contribution in [0.15, 0.2) is 72.8 Å². The number of nitrogens with zero attached hydrogens (tertiary/aromatic N) is 1. The summed E-state index contributed by atoms with van der Waals surface area (Å²) in [7, 11) is 0. The Labute approximate surface area is 177 Å². The number of ether oxygens (including phenoxy) is 1. The summed E-state index contributed by atoms with van der Waals surface area (Å²) in [5, 5.41) is 0. The molecule has 0 N–H and O–H groups in total. The second kappa shape index (κ2) is 9.11. The predicted octanol–water partition coefficient (Wildman–Crippen LogP) is 3.68. The van der Waals surface area contributed by atoms with Crippen molar-refractivity contribution in [2.24, 2.45) is 23.7 Å². The number of fused-ring (bicyclic) bond motifs is 1. The van der Waals surface area contributed by atoms with Crippen molar-refractivity contribution in [3.63, 3.8) is 0 Å². The molecule has 1 fully saturated rings. The number of imide groups is 1. The van der Waals surface area contributed by atoms with Gasteiger partial charge in [0.15, 0.2) is 0 Å². The van der Waals surface area contributed by atoms with Gasteiger partial charge in [-0.15, -0.1) is 0 Å². The second-order valence-electron chi connectivity index (χ2n) is 7.89. The monoisotopic (exact) mass is 399 g/mol. The van der Waals surface area contributed by atoms with E-state index in [1.165, 1.54) is 4.90 Å². The summed E-state index contributed by atoms with van der Waals surface area (Å²) < 4.78 is 5.77. The van der Waals surface area contributed by atoms with Gasteiger partial charge in [0.1, 0.15) is 6.61 Å². The van der Waals surface area contributed by atoms with Crippen LogP contribution in [0.25, 0.3) is 0 Å². The third-order valence-corrected chi connectivity index (χ3v) is 5.85. The molecule has 2 amide bonds. The maximum absolute atomic E-state index is 13.2. The summed E-state index contributed by atoms with van der Waals surface area (Å²) in [5.74, 6) is 5.18. The van der Waals surface area contributed by atoms with Crippen LogP contribution in [0.3, 0.4) is 0 Å². The zero-order valence-electron chi connectivity index (χ0n) is 17.0. The zero-order valence-corrected chi connectivity index (χ0v) is 17.0. The molecule has 1 aliphatic heterocycles. The lowest BCUT2D eigenvalue weighted by Crippen LogP contribution is -2.35. The lowest BCUT2D eigenvalue weighted by Gasteiger charge is -2.29. The molecule has 0 aromatic heterocycles. The van der Waals surface area contributed by atoms with Gasteiger partial charge in [-0.1, -0.05) is 79.4 Å². The molecule has 30 heavy (non-hydrogen) atoms. The van der Waals surface area contributed by atoms with Crippen LogP contribution >= 0.6 is 0 Å². The molecule has 2 aliphatic rings. The number of carbonyl (C=O) groups is 2. The summed E-state index contributed by atoms with van der Waals surface area (Å²) in [6.07, 6.45) is 4.08. The second-order valence-corrected chi connectivity index (χ2v) is 7.89. The largest absolute Gasteiger partial charge is 0.368 e. The highest BCUT2D eigenvalue weighted by Gasteiger charge is 2.53. The molecule has 4 rings (SSSR count). The van der Waals surface area contributed by atoms with Crippen LogP contribution in [0, 0.1) is 35.5 Å². The van der Waals surface area contributed by atoms with Gasteiger partial charge in [0.25, 0.3) is 0 Å². The fourth-order valence-electron chi connectivity index (χ4n) is 4.32. The van der Waals surface area contributed by atoms with E-state index in [9.17, 15) is 9.59 Å². The standard InChI is InChI=1S/C26H25NO3/c1-19-14-15-22(18-30-16-8-13-20-9-4-2-5-10-20)24-23(19)25(28)27(26(24)29)17-21-11-6-3-7-12-21/h2-7,9-12,14-15,19,22-24H,16-18H2,1H3. The molecule has 4 heteroatoms. The van der Waals surface area contributed by atoms with E-state index in [0.29, 0.717) is 19.8 Å². The van der Waals surface area contributed by atoms with Crippen molar-refractivity contribution in [1.29, 1.82) is 0 Å². The Morgan fingerprint density at radius 3 is 2.30 bits per heavy atom. The molecule has 2 aromatic rings. The molecule has 0 radical (unpaired) electrons. The topological polar surface area (TPSA) is 46.6 Å². The Balaban J connectivity index is 1.41. The number of hydrogen-bond donors (Lipinski definition) is 0. The van der Waals surface area contributed by atoms with Gasteiger partial charge in [0.2, 0.25) is 11.8 Å². The first-order chi connectivity index (χ1) is 14.6. The third kappa shape index (κ3) is 4.22. The quantitative estimate of drug-likeness (QED) is 0.334. The highest BCUT2D eigenvalue weighted by atomic mass is 16.5. The Morgan fingerprint density at radius 1 is 0.900 bits per heavy atom. The van der Waals surface area contributed by atoms with E-state index in [2.05, 4.69) is 11.8 Å². The molecule has 0 spiro atoms. The number of hydrogen-bond acceptors (Lipinski definition) is 3. The molecule has 1 aliphatic carbocycles. The van der Waals surface area contributed by atoms with Crippen LogP contribution in [0.1, 0.15) is 18.1 Å². The van der Waals surface area contributed by atoms with E-state index in [4.69, 9.17) is 4.74 Å². The normalized spacial score (nSPS) is 25.0. The van der Waals surface area contributed by atoms with Gasteiger partial charge in [0, 0.05) is 11.5 Å². The van der Waals surface area contributed by atoms with Crippen LogP contribution in [-0.2, 0) is 20.9 Å². The summed E-state index contributed by atoms with van der Waals surface area (Å²) in [6.45, 7) is 3.01. The molecule has 0 bridgehead atoms. The fourth-order valence-corrected chi connectivity index (χ4v) is 4.32. The molecule has 2 aromatic carbocycles. The molecule has 4 atom stereocenters. The summed E-state index contributed by atoms with van der Waals surface area (Å²) in [6, 6.07) is 19.4. The first-order valence-electron chi connectivity index (χ1n) is 10.3. The smallest absolute Gasteiger partial charge is 0.234 e. The average Bonchev–Trinajstić information content (AvgIpc) is 3.02. The van der Waals surface area contributed by atoms with Gasteiger partial charge in [-0.3, -0.25) is 14.5 Å². The van der Waals surface area contributed by atoms with Crippen molar-refractivity contribution in [2.45, 2.75) is 13.5 Å². The van der Waals surface area contributed by atoms with Crippen LogP contribution in [0.5, 0.6) is 0 Å². The number of benzene rings is 2. The van der Waals surface area contributed by atoms with Crippen molar-refractivity contribution in [2.75, 3.05) is 13.2 Å². The number of amides is 2. The van der Waals surface area contributed by atoms with Crippen LogP contribution in [-0.4, -0.2) is 29.9 Å². The van der Waals surface area contributed by atoms with E-state index in [0.717, 1.165) is 11.1 Å². The van der Waals surface area contributed by atoms with Crippen LogP contribution in [0.4, 0.5) is 0 Å². The molecule has 152 valence electrons. The first-order valence-corrected chi connectivity index (χ1v) is 10.3. The van der Waals surface area contributed by atoms with Crippen LogP contribution in [0.2, 0.25) is 0 Å². The van der Waals surface area contributed by atoms with E-state index >= 15 is 0 Å². The maximum atomic E-state index is 13.2. The Morgan fingerprint density at radius 2 is 1.57 bits per heavy atom. The number of rotatable bonds is 5.